The zero-order valence-electron chi connectivity index (χ0n) is 15.7. The molecule has 4 heteroatoms. The van der Waals surface area contributed by atoms with E-state index in [1.165, 1.54) is 11.1 Å². The van der Waals surface area contributed by atoms with Crippen LogP contribution in [-0.4, -0.2) is 11.4 Å². The molecule has 0 saturated heterocycles. The first-order valence-electron chi connectivity index (χ1n) is 8.39. The highest BCUT2D eigenvalue weighted by molar-refractivity contribution is 9.10. The second-order valence-electron chi connectivity index (χ2n) is 6.39. The zero-order valence-corrected chi connectivity index (χ0v) is 18.8. The first kappa shape index (κ1) is 20.1. The first-order chi connectivity index (χ1) is 11.7. The third-order valence-corrected chi connectivity index (χ3v) is 5.11. The lowest BCUT2D eigenvalue weighted by Gasteiger charge is -2.11. The number of benzene rings is 2. The lowest BCUT2D eigenvalue weighted by atomic mass is 10.1. The van der Waals surface area contributed by atoms with Crippen molar-refractivity contribution in [1.29, 1.82) is 0 Å². The van der Waals surface area contributed by atoms with Crippen molar-refractivity contribution in [3.63, 3.8) is 0 Å². The second kappa shape index (κ2) is 8.41. The maximum absolute atomic E-state index is 4.95. The minimum atomic E-state index is 0.846. The quantitative estimate of drug-likeness (QED) is 0.414. The standard InChI is InChI=1S/C21H24Br2N2/c1-7-19(25-21-14(4)10-18(23)11-15(21)5)16(6)24-20-12(2)8-17(22)9-13(20)3/h8-11H,7H2,1-6H3. The van der Waals surface area contributed by atoms with Crippen molar-refractivity contribution < 1.29 is 0 Å². The van der Waals surface area contributed by atoms with E-state index in [0.29, 0.717) is 0 Å². The number of hydrogen-bond acceptors (Lipinski definition) is 2. The summed E-state index contributed by atoms with van der Waals surface area (Å²) in [6.07, 6.45) is 0.846. The maximum atomic E-state index is 4.95. The van der Waals surface area contributed by atoms with Crippen molar-refractivity contribution >= 4 is 54.7 Å². The fourth-order valence-corrected chi connectivity index (χ4v) is 4.32. The molecule has 2 rings (SSSR count). The molecule has 2 nitrogen and oxygen atoms in total. The van der Waals surface area contributed by atoms with Crippen LogP contribution in [0.3, 0.4) is 0 Å². The summed E-state index contributed by atoms with van der Waals surface area (Å²) in [6, 6.07) is 8.42. The van der Waals surface area contributed by atoms with Crippen molar-refractivity contribution in [2.45, 2.75) is 48.0 Å². The largest absolute Gasteiger partial charge is 0.251 e. The van der Waals surface area contributed by atoms with Gasteiger partial charge in [0.05, 0.1) is 22.8 Å². The number of aryl methyl sites for hydroxylation is 4. The van der Waals surface area contributed by atoms with Gasteiger partial charge in [-0.1, -0.05) is 38.8 Å². The number of aliphatic imine (C=N–C) groups is 2. The Morgan fingerprint density at radius 1 is 0.760 bits per heavy atom. The molecule has 0 N–H and O–H groups in total. The maximum Gasteiger partial charge on any atom is 0.0692 e. The Labute approximate surface area is 167 Å². The molecule has 2 aromatic rings. The van der Waals surface area contributed by atoms with Crippen LogP contribution in [0.15, 0.2) is 43.2 Å². The fourth-order valence-electron chi connectivity index (χ4n) is 2.94. The SMILES string of the molecule is CCC(=Nc1c(C)cc(Br)cc1C)C(C)=Nc1c(C)cc(Br)cc1C. The van der Waals surface area contributed by atoms with Gasteiger partial charge in [0.1, 0.15) is 0 Å². The van der Waals surface area contributed by atoms with Crippen LogP contribution in [0.4, 0.5) is 11.4 Å². The van der Waals surface area contributed by atoms with Gasteiger partial charge in [-0.3, -0.25) is 9.98 Å². The first-order valence-corrected chi connectivity index (χ1v) is 9.98. The molecule has 0 radical (unpaired) electrons. The van der Waals surface area contributed by atoms with E-state index in [2.05, 4.69) is 90.7 Å². The molecule has 0 saturated carbocycles. The summed E-state index contributed by atoms with van der Waals surface area (Å²) < 4.78 is 2.18. The van der Waals surface area contributed by atoms with Crippen LogP contribution >= 0.6 is 31.9 Å². The van der Waals surface area contributed by atoms with Crippen LogP contribution in [0.25, 0.3) is 0 Å². The van der Waals surface area contributed by atoms with E-state index >= 15 is 0 Å². The monoisotopic (exact) mass is 462 g/mol. The van der Waals surface area contributed by atoms with Gasteiger partial charge in [0.25, 0.3) is 0 Å². The Balaban J connectivity index is 2.51. The van der Waals surface area contributed by atoms with Crippen LogP contribution < -0.4 is 0 Å². The van der Waals surface area contributed by atoms with Gasteiger partial charge in [0.2, 0.25) is 0 Å². The topological polar surface area (TPSA) is 24.7 Å². The molecule has 0 amide bonds. The number of halogens is 2. The average Bonchev–Trinajstić information content (AvgIpc) is 2.50. The Morgan fingerprint density at radius 2 is 1.12 bits per heavy atom. The molecule has 0 bridgehead atoms. The average molecular weight is 464 g/mol. The van der Waals surface area contributed by atoms with Gasteiger partial charge in [-0.15, -0.1) is 0 Å². The molecule has 132 valence electrons. The molecule has 2 aromatic carbocycles. The summed E-state index contributed by atoms with van der Waals surface area (Å²) in [7, 11) is 0. The molecule has 0 atom stereocenters. The van der Waals surface area contributed by atoms with Crippen molar-refractivity contribution in [3.05, 3.63) is 55.5 Å². The Bertz CT molecular complexity index is 818. The van der Waals surface area contributed by atoms with Crippen LogP contribution in [0.1, 0.15) is 42.5 Å². The molecule has 0 aliphatic rings. The van der Waals surface area contributed by atoms with Crippen molar-refractivity contribution in [2.75, 3.05) is 0 Å². The second-order valence-corrected chi connectivity index (χ2v) is 8.22. The molecule has 0 aromatic heterocycles. The summed E-state index contributed by atoms with van der Waals surface area (Å²) >= 11 is 7.10. The van der Waals surface area contributed by atoms with Crippen LogP contribution in [0.5, 0.6) is 0 Å². The highest BCUT2D eigenvalue weighted by atomic mass is 79.9. The van der Waals surface area contributed by atoms with Crippen molar-refractivity contribution in [2.24, 2.45) is 9.98 Å². The minimum Gasteiger partial charge on any atom is -0.251 e. The normalized spacial score (nSPS) is 12.6. The van der Waals surface area contributed by atoms with E-state index in [9.17, 15) is 0 Å². The highest BCUT2D eigenvalue weighted by Gasteiger charge is 2.09. The number of hydrogen-bond donors (Lipinski definition) is 0. The van der Waals surface area contributed by atoms with Gasteiger partial charge in [0, 0.05) is 8.95 Å². The van der Waals surface area contributed by atoms with Gasteiger partial charge in [-0.2, -0.15) is 0 Å². The van der Waals surface area contributed by atoms with E-state index in [0.717, 1.165) is 49.3 Å². The summed E-state index contributed by atoms with van der Waals surface area (Å²) in [5.74, 6) is 0. The Kier molecular flexibility index (Phi) is 6.75. The van der Waals surface area contributed by atoms with Gasteiger partial charge in [-0.25, -0.2) is 0 Å². The minimum absolute atomic E-state index is 0.846. The predicted molar refractivity (Wildman–Crippen MR) is 117 cm³/mol. The Morgan fingerprint density at radius 3 is 1.48 bits per heavy atom. The summed E-state index contributed by atoms with van der Waals surface area (Å²) in [5.41, 5.74) is 8.73. The lowest BCUT2D eigenvalue weighted by Crippen LogP contribution is -2.09. The van der Waals surface area contributed by atoms with Gasteiger partial charge in [-0.05, 0) is 87.6 Å². The van der Waals surface area contributed by atoms with Crippen molar-refractivity contribution in [3.8, 4) is 0 Å². The third kappa shape index (κ3) is 4.89. The van der Waals surface area contributed by atoms with E-state index in [-0.39, 0.29) is 0 Å². The van der Waals surface area contributed by atoms with Crippen LogP contribution in [0.2, 0.25) is 0 Å². The third-order valence-electron chi connectivity index (χ3n) is 4.19. The highest BCUT2D eigenvalue weighted by Crippen LogP contribution is 2.30. The fraction of sp³-hybridized carbons (Fsp3) is 0.333. The summed E-state index contributed by atoms with van der Waals surface area (Å²) in [6.45, 7) is 12.6. The Hall–Kier alpha value is -1.26. The van der Waals surface area contributed by atoms with Crippen LogP contribution in [-0.2, 0) is 0 Å². The molecular weight excluding hydrogens is 440 g/mol. The zero-order chi connectivity index (χ0) is 18.7. The molecule has 0 unspecified atom stereocenters. The molecule has 0 aliphatic carbocycles. The summed E-state index contributed by atoms with van der Waals surface area (Å²) in [4.78, 5) is 9.85. The molecule has 0 spiro atoms. The predicted octanol–water partition coefficient (Wildman–Crippen LogP) is 7.72. The lowest BCUT2D eigenvalue weighted by molar-refractivity contribution is 1.25. The molecule has 0 fully saturated rings. The van der Waals surface area contributed by atoms with Crippen LogP contribution in [0, 0.1) is 27.7 Å². The van der Waals surface area contributed by atoms with Gasteiger partial charge < -0.3 is 0 Å². The van der Waals surface area contributed by atoms with E-state index in [1.807, 2.05) is 6.92 Å². The van der Waals surface area contributed by atoms with E-state index in [4.69, 9.17) is 9.98 Å². The summed E-state index contributed by atoms with van der Waals surface area (Å²) in [5, 5.41) is 0. The van der Waals surface area contributed by atoms with E-state index in [1.54, 1.807) is 0 Å². The molecular formula is C21H24Br2N2. The molecule has 0 heterocycles. The molecule has 25 heavy (non-hydrogen) atoms. The van der Waals surface area contributed by atoms with Crippen molar-refractivity contribution in [1.82, 2.24) is 0 Å². The van der Waals surface area contributed by atoms with Gasteiger partial charge in [0.15, 0.2) is 0 Å². The number of nitrogens with zero attached hydrogens (tertiary/aromatic N) is 2. The van der Waals surface area contributed by atoms with E-state index < -0.39 is 0 Å². The molecule has 0 aliphatic heterocycles. The van der Waals surface area contributed by atoms with Gasteiger partial charge >= 0.3 is 0 Å². The number of rotatable bonds is 4. The smallest absolute Gasteiger partial charge is 0.0692 e.